The fourth-order valence-corrected chi connectivity index (χ4v) is 0.941. The van der Waals surface area contributed by atoms with Gasteiger partial charge < -0.3 is 9.84 Å². The molecule has 12 heavy (non-hydrogen) atoms. The van der Waals surface area contributed by atoms with Crippen molar-refractivity contribution in [2.45, 2.75) is 6.92 Å². The minimum atomic E-state index is -0.442. The summed E-state index contributed by atoms with van der Waals surface area (Å²) in [5.41, 5.74) is 0. The first-order chi connectivity index (χ1) is 5.59. The second-order valence-electron chi connectivity index (χ2n) is 2.21. The van der Waals surface area contributed by atoms with Crippen LogP contribution in [0.3, 0.4) is 0 Å². The average molecular weight is 187 g/mol. The van der Waals surface area contributed by atoms with E-state index in [9.17, 15) is 4.79 Å². The van der Waals surface area contributed by atoms with E-state index in [4.69, 9.17) is 21.4 Å². The van der Waals surface area contributed by atoms with E-state index in [2.05, 4.69) is 0 Å². The maximum atomic E-state index is 10.5. The van der Waals surface area contributed by atoms with E-state index in [0.717, 1.165) is 0 Å². The van der Waals surface area contributed by atoms with Crippen LogP contribution in [0.4, 0.5) is 0 Å². The Kier molecular flexibility index (Phi) is 2.55. The molecule has 0 aliphatic rings. The zero-order valence-corrected chi connectivity index (χ0v) is 7.13. The fraction of sp³-hybridized carbons (Fsp3) is 0.125. The van der Waals surface area contributed by atoms with Crippen LogP contribution in [0.5, 0.6) is 11.5 Å². The van der Waals surface area contributed by atoms with E-state index in [-0.39, 0.29) is 16.5 Å². The predicted molar refractivity (Wildman–Crippen MR) is 44.4 cm³/mol. The predicted octanol–water partition coefficient (Wildman–Crippen LogP) is 1.97. The zero-order valence-electron chi connectivity index (χ0n) is 6.37. The number of rotatable bonds is 1. The molecule has 0 aromatic heterocycles. The van der Waals surface area contributed by atoms with Gasteiger partial charge >= 0.3 is 5.97 Å². The van der Waals surface area contributed by atoms with Gasteiger partial charge in [-0.1, -0.05) is 11.6 Å². The van der Waals surface area contributed by atoms with Gasteiger partial charge in [0.25, 0.3) is 0 Å². The number of aromatic hydroxyl groups is 1. The number of benzene rings is 1. The fourth-order valence-electron chi connectivity index (χ4n) is 0.727. The van der Waals surface area contributed by atoms with E-state index in [1.165, 1.54) is 25.1 Å². The molecular formula is C8H7ClO3. The largest absolute Gasteiger partial charge is 0.508 e. The van der Waals surface area contributed by atoms with E-state index in [1.807, 2.05) is 0 Å². The van der Waals surface area contributed by atoms with Crippen molar-refractivity contribution in [2.75, 3.05) is 0 Å². The summed E-state index contributed by atoms with van der Waals surface area (Å²) in [6.45, 7) is 1.28. The molecule has 0 atom stereocenters. The highest BCUT2D eigenvalue weighted by Gasteiger charge is 2.04. The van der Waals surface area contributed by atoms with Crippen LogP contribution in [0, 0.1) is 0 Å². The standard InChI is InChI=1S/C8H7ClO3/c1-5(10)12-8-3-2-6(11)4-7(8)9/h2-4,11H,1H3. The Morgan fingerprint density at radius 3 is 2.75 bits per heavy atom. The molecule has 0 bridgehead atoms. The van der Waals surface area contributed by atoms with Crippen molar-refractivity contribution in [1.82, 2.24) is 0 Å². The van der Waals surface area contributed by atoms with Crippen molar-refractivity contribution in [3.8, 4) is 11.5 Å². The molecule has 0 aliphatic heterocycles. The van der Waals surface area contributed by atoms with E-state index < -0.39 is 5.97 Å². The van der Waals surface area contributed by atoms with Gasteiger partial charge in [0, 0.05) is 13.0 Å². The highest BCUT2D eigenvalue weighted by atomic mass is 35.5. The third-order valence-electron chi connectivity index (χ3n) is 1.17. The number of esters is 1. The molecular weight excluding hydrogens is 180 g/mol. The minimum Gasteiger partial charge on any atom is -0.508 e. The molecule has 3 nitrogen and oxygen atoms in total. The van der Waals surface area contributed by atoms with Crippen molar-refractivity contribution in [2.24, 2.45) is 0 Å². The number of phenols is 1. The molecule has 0 unspecified atom stereocenters. The molecule has 1 N–H and O–H groups in total. The van der Waals surface area contributed by atoms with Crippen molar-refractivity contribution in [1.29, 1.82) is 0 Å². The summed E-state index contributed by atoms with van der Waals surface area (Å²) in [7, 11) is 0. The van der Waals surface area contributed by atoms with Gasteiger partial charge in [-0.2, -0.15) is 0 Å². The monoisotopic (exact) mass is 186 g/mol. The summed E-state index contributed by atoms with van der Waals surface area (Å²) in [4.78, 5) is 10.5. The number of hydrogen-bond acceptors (Lipinski definition) is 3. The van der Waals surface area contributed by atoms with E-state index >= 15 is 0 Å². The van der Waals surface area contributed by atoms with Gasteiger partial charge in [-0.05, 0) is 12.1 Å². The van der Waals surface area contributed by atoms with Gasteiger partial charge in [-0.3, -0.25) is 4.79 Å². The lowest BCUT2D eigenvalue weighted by molar-refractivity contribution is -0.131. The second kappa shape index (κ2) is 3.45. The average Bonchev–Trinajstić information content (AvgIpc) is 1.94. The van der Waals surface area contributed by atoms with Crippen LogP contribution in [0.25, 0.3) is 0 Å². The summed E-state index contributed by atoms with van der Waals surface area (Å²) in [6, 6.07) is 4.13. The zero-order chi connectivity index (χ0) is 9.14. The summed E-state index contributed by atoms with van der Waals surface area (Å²) in [5, 5.41) is 9.16. The van der Waals surface area contributed by atoms with Crippen LogP contribution in [-0.4, -0.2) is 11.1 Å². The number of phenolic OH excluding ortho intramolecular Hbond substituents is 1. The van der Waals surface area contributed by atoms with E-state index in [0.29, 0.717) is 0 Å². The van der Waals surface area contributed by atoms with Gasteiger partial charge in [-0.25, -0.2) is 0 Å². The number of carbonyl (C=O) groups is 1. The third kappa shape index (κ3) is 2.13. The number of carbonyl (C=O) groups excluding carboxylic acids is 1. The van der Waals surface area contributed by atoms with Gasteiger partial charge in [-0.15, -0.1) is 0 Å². The Morgan fingerprint density at radius 2 is 2.25 bits per heavy atom. The topological polar surface area (TPSA) is 46.5 Å². The number of halogens is 1. The number of hydrogen-bond donors (Lipinski definition) is 1. The molecule has 1 aromatic carbocycles. The normalized spacial score (nSPS) is 9.50. The lowest BCUT2D eigenvalue weighted by Gasteiger charge is -2.02. The molecule has 0 saturated carbocycles. The van der Waals surface area contributed by atoms with Crippen LogP contribution in [0.1, 0.15) is 6.92 Å². The summed E-state index contributed by atoms with van der Waals surface area (Å²) < 4.78 is 4.72. The molecule has 0 fully saturated rings. The third-order valence-corrected chi connectivity index (χ3v) is 1.46. The van der Waals surface area contributed by atoms with Crippen molar-refractivity contribution < 1.29 is 14.6 Å². The molecule has 0 heterocycles. The molecule has 0 spiro atoms. The molecule has 0 aliphatic carbocycles. The van der Waals surface area contributed by atoms with Crippen LogP contribution >= 0.6 is 11.6 Å². The van der Waals surface area contributed by atoms with Crippen LogP contribution in [-0.2, 0) is 4.79 Å². The molecule has 1 rings (SSSR count). The summed E-state index contributed by atoms with van der Waals surface area (Å²) in [5.74, 6) is -0.152. The highest BCUT2D eigenvalue weighted by molar-refractivity contribution is 6.32. The van der Waals surface area contributed by atoms with E-state index in [1.54, 1.807) is 0 Å². The first-order valence-electron chi connectivity index (χ1n) is 3.26. The molecule has 0 saturated heterocycles. The van der Waals surface area contributed by atoms with Gasteiger partial charge in [0.15, 0.2) is 0 Å². The van der Waals surface area contributed by atoms with Crippen LogP contribution in [0.2, 0.25) is 5.02 Å². The maximum absolute atomic E-state index is 10.5. The van der Waals surface area contributed by atoms with Crippen LogP contribution < -0.4 is 4.74 Å². The lowest BCUT2D eigenvalue weighted by atomic mass is 10.3. The van der Waals surface area contributed by atoms with Gasteiger partial charge in [0.1, 0.15) is 11.5 Å². The van der Waals surface area contributed by atoms with Gasteiger partial charge in [0.05, 0.1) is 5.02 Å². The SMILES string of the molecule is CC(=O)Oc1ccc(O)cc1Cl. The van der Waals surface area contributed by atoms with Gasteiger partial charge in [0.2, 0.25) is 0 Å². The quantitative estimate of drug-likeness (QED) is 0.539. The Balaban J connectivity index is 2.93. The Labute approximate surface area is 74.5 Å². The molecule has 0 radical (unpaired) electrons. The maximum Gasteiger partial charge on any atom is 0.308 e. The number of ether oxygens (including phenoxy) is 1. The van der Waals surface area contributed by atoms with Crippen molar-refractivity contribution in [3.63, 3.8) is 0 Å². The summed E-state index contributed by atoms with van der Waals surface area (Å²) >= 11 is 5.64. The summed E-state index contributed by atoms with van der Waals surface area (Å²) in [6.07, 6.45) is 0. The van der Waals surface area contributed by atoms with Crippen molar-refractivity contribution >= 4 is 17.6 Å². The molecule has 0 amide bonds. The molecule has 4 heteroatoms. The smallest absolute Gasteiger partial charge is 0.308 e. The minimum absolute atomic E-state index is 0.0379. The second-order valence-corrected chi connectivity index (χ2v) is 2.62. The first-order valence-corrected chi connectivity index (χ1v) is 3.64. The first kappa shape index (κ1) is 8.87. The Bertz CT molecular complexity index is 309. The molecule has 1 aromatic rings. The molecule has 64 valence electrons. The lowest BCUT2D eigenvalue weighted by Crippen LogP contribution is -2.01. The Hall–Kier alpha value is -1.22. The van der Waals surface area contributed by atoms with Crippen LogP contribution in [0.15, 0.2) is 18.2 Å². The van der Waals surface area contributed by atoms with Crippen molar-refractivity contribution in [3.05, 3.63) is 23.2 Å². The Morgan fingerprint density at radius 1 is 1.58 bits per heavy atom. The highest BCUT2D eigenvalue weighted by Crippen LogP contribution is 2.27.